The predicted octanol–water partition coefficient (Wildman–Crippen LogP) is 4.39. The van der Waals surface area contributed by atoms with E-state index < -0.39 is 57.3 Å². The van der Waals surface area contributed by atoms with E-state index in [0.29, 0.717) is 12.1 Å². The predicted molar refractivity (Wildman–Crippen MR) is 101 cm³/mol. The molecule has 2 aromatic carbocycles. The van der Waals surface area contributed by atoms with Crippen molar-refractivity contribution in [2.45, 2.75) is 19.0 Å². The van der Waals surface area contributed by atoms with Gasteiger partial charge in [0, 0.05) is 25.1 Å². The van der Waals surface area contributed by atoms with Crippen LogP contribution in [0.3, 0.4) is 0 Å². The Morgan fingerprint density at radius 3 is 2.31 bits per heavy atom. The van der Waals surface area contributed by atoms with Crippen LogP contribution < -0.4 is 15.8 Å². The number of halogens is 6. The van der Waals surface area contributed by atoms with Crippen LogP contribution in [0.15, 0.2) is 30.3 Å². The Labute approximate surface area is 177 Å². The van der Waals surface area contributed by atoms with Crippen molar-refractivity contribution in [3.63, 3.8) is 0 Å². The average Bonchev–Trinajstić information content (AvgIpc) is 2.76. The van der Waals surface area contributed by atoms with Crippen LogP contribution >= 0.6 is 0 Å². The van der Waals surface area contributed by atoms with E-state index >= 15 is 0 Å². The zero-order valence-corrected chi connectivity index (χ0v) is 16.2. The molecule has 2 N–H and O–H groups in total. The number of piperidine rings is 1. The molecule has 0 atom stereocenters. The number of hydrogen-bond donors (Lipinski definition) is 2. The Hall–Kier alpha value is -3.51. The molecule has 1 aliphatic heterocycles. The first-order valence-electron chi connectivity index (χ1n) is 9.29. The SMILES string of the molecule is O=C(NNc1ccc(F)c(F)c1F)C1CCN(c2ccc(C(F)(F)F)cc2[N+](=O)[O-])CC1. The lowest BCUT2D eigenvalue weighted by atomic mass is 9.95. The minimum absolute atomic E-state index is 0.00356. The number of amides is 1. The number of benzene rings is 2. The topological polar surface area (TPSA) is 87.5 Å². The molecule has 2 aromatic rings. The van der Waals surface area contributed by atoms with Crippen molar-refractivity contribution in [2.24, 2.45) is 5.92 Å². The fraction of sp³-hybridized carbons (Fsp3) is 0.316. The van der Waals surface area contributed by atoms with Crippen LogP contribution in [-0.2, 0) is 11.0 Å². The van der Waals surface area contributed by atoms with Gasteiger partial charge >= 0.3 is 6.18 Å². The van der Waals surface area contributed by atoms with E-state index in [-0.39, 0.29) is 31.6 Å². The number of nitro groups is 1. The first-order chi connectivity index (χ1) is 15.0. The maximum absolute atomic E-state index is 13.6. The van der Waals surface area contributed by atoms with Crippen LogP contribution in [0.5, 0.6) is 0 Å². The zero-order chi connectivity index (χ0) is 23.6. The van der Waals surface area contributed by atoms with Gasteiger partial charge in [-0.2, -0.15) is 13.2 Å². The highest BCUT2D eigenvalue weighted by atomic mass is 19.4. The summed E-state index contributed by atoms with van der Waals surface area (Å²) < 4.78 is 78.4. The molecule has 13 heteroatoms. The lowest BCUT2D eigenvalue weighted by molar-refractivity contribution is -0.384. The van der Waals surface area contributed by atoms with E-state index in [4.69, 9.17) is 0 Å². The number of alkyl halides is 3. The van der Waals surface area contributed by atoms with Crippen LogP contribution in [-0.4, -0.2) is 23.9 Å². The molecule has 172 valence electrons. The molecule has 0 saturated carbocycles. The van der Waals surface area contributed by atoms with E-state index in [2.05, 4.69) is 10.9 Å². The molecule has 1 heterocycles. The Bertz CT molecular complexity index is 1040. The van der Waals surface area contributed by atoms with Gasteiger partial charge in [0.1, 0.15) is 5.69 Å². The summed E-state index contributed by atoms with van der Waals surface area (Å²) in [6, 6.07) is 3.83. The number of hydrogen-bond acceptors (Lipinski definition) is 5. The Morgan fingerprint density at radius 1 is 1.06 bits per heavy atom. The van der Waals surface area contributed by atoms with Crippen LogP contribution in [0.4, 0.5) is 43.4 Å². The molecule has 1 aliphatic rings. The number of rotatable bonds is 5. The second-order valence-corrected chi connectivity index (χ2v) is 7.06. The van der Waals surface area contributed by atoms with E-state index in [1.165, 1.54) is 4.90 Å². The minimum atomic E-state index is -4.73. The van der Waals surface area contributed by atoms with Gasteiger partial charge in [-0.1, -0.05) is 0 Å². The maximum Gasteiger partial charge on any atom is 0.416 e. The maximum atomic E-state index is 13.6. The molecule has 0 spiro atoms. The number of nitrogens with zero attached hydrogens (tertiary/aromatic N) is 2. The highest BCUT2D eigenvalue weighted by Crippen LogP contribution is 2.37. The summed E-state index contributed by atoms with van der Waals surface area (Å²) in [6.45, 7) is 0.285. The first-order valence-corrected chi connectivity index (χ1v) is 9.29. The second kappa shape index (κ2) is 8.93. The number of nitrogens with one attached hydrogen (secondary N) is 2. The Balaban J connectivity index is 1.63. The van der Waals surface area contributed by atoms with Gasteiger partial charge in [-0.15, -0.1) is 0 Å². The number of anilines is 2. The first kappa shape index (κ1) is 23.2. The van der Waals surface area contributed by atoms with Crippen molar-refractivity contribution in [3.05, 3.63) is 63.5 Å². The van der Waals surface area contributed by atoms with E-state index in [1.54, 1.807) is 0 Å². The van der Waals surface area contributed by atoms with Crippen LogP contribution in [0.25, 0.3) is 0 Å². The molecule has 1 amide bonds. The molecular weight excluding hydrogens is 446 g/mol. The van der Waals surface area contributed by atoms with Crippen molar-refractivity contribution in [1.82, 2.24) is 5.43 Å². The monoisotopic (exact) mass is 462 g/mol. The molecule has 0 aromatic heterocycles. The number of hydrazine groups is 1. The van der Waals surface area contributed by atoms with Crippen molar-refractivity contribution < 1.29 is 36.1 Å². The van der Waals surface area contributed by atoms with Crippen molar-refractivity contribution >= 4 is 23.0 Å². The van der Waals surface area contributed by atoms with Gasteiger partial charge in [0.2, 0.25) is 5.91 Å². The molecule has 0 radical (unpaired) electrons. The summed E-state index contributed by atoms with van der Waals surface area (Å²) in [5.41, 5.74) is 2.06. The van der Waals surface area contributed by atoms with Crippen molar-refractivity contribution in [1.29, 1.82) is 0 Å². The molecule has 3 rings (SSSR count). The Kier molecular flexibility index (Phi) is 6.46. The van der Waals surface area contributed by atoms with Crippen LogP contribution in [0.1, 0.15) is 18.4 Å². The van der Waals surface area contributed by atoms with E-state index in [9.17, 15) is 41.3 Å². The summed E-state index contributed by atoms with van der Waals surface area (Å²) in [7, 11) is 0. The van der Waals surface area contributed by atoms with Gasteiger partial charge in [0.15, 0.2) is 17.5 Å². The normalized spacial score (nSPS) is 14.9. The summed E-state index contributed by atoms with van der Waals surface area (Å²) in [5, 5.41) is 11.3. The van der Waals surface area contributed by atoms with Crippen molar-refractivity contribution in [2.75, 3.05) is 23.4 Å². The van der Waals surface area contributed by atoms with E-state index in [1.807, 2.05) is 0 Å². The summed E-state index contributed by atoms with van der Waals surface area (Å²) in [6.07, 6.45) is -4.33. The van der Waals surface area contributed by atoms with Gasteiger partial charge in [-0.25, -0.2) is 13.2 Å². The molecule has 1 saturated heterocycles. The fourth-order valence-electron chi connectivity index (χ4n) is 3.35. The lowest BCUT2D eigenvalue weighted by Crippen LogP contribution is -2.42. The van der Waals surface area contributed by atoms with Crippen LogP contribution in [0.2, 0.25) is 0 Å². The molecule has 1 fully saturated rings. The number of nitro benzene ring substituents is 1. The molecule has 7 nitrogen and oxygen atoms in total. The fourth-order valence-corrected chi connectivity index (χ4v) is 3.35. The van der Waals surface area contributed by atoms with E-state index in [0.717, 1.165) is 18.2 Å². The zero-order valence-electron chi connectivity index (χ0n) is 16.2. The third kappa shape index (κ3) is 4.86. The molecular formula is C19H16F6N4O3. The third-order valence-electron chi connectivity index (χ3n) is 5.06. The van der Waals surface area contributed by atoms with Crippen LogP contribution in [0, 0.1) is 33.5 Å². The van der Waals surface area contributed by atoms with Crippen molar-refractivity contribution in [3.8, 4) is 0 Å². The summed E-state index contributed by atoms with van der Waals surface area (Å²) in [4.78, 5) is 24.2. The van der Waals surface area contributed by atoms with Gasteiger partial charge < -0.3 is 4.90 Å². The summed E-state index contributed by atoms with van der Waals surface area (Å²) in [5.74, 6) is -5.76. The average molecular weight is 462 g/mol. The standard InChI is InChI=1S/C19H16F6N4O3/c20-12-2-3-13(17(22)16(12)21)26-27-18(30)10-5-7-28(8-6-10)14-4-1-11(19(23,24)25)9-15(14)29(31)32/h1-4,9-10,26H,5-8H2,(H,27,30). The lowest BCUT2D eigenvalue weighted by Gasteiger charge is -2.32. The third-order valence-corrected chi connectivity index (χ3v) is 5.06. The smallest absolute Gasteiger partial charge is 0.366 e. The molecule has 32 heavy (non-hydrogen) atoms. The number of carbonyl (C=O) groups excluding carboxylic acids is 1. The second-order valence-electron chi connectivity index (χ2n) is 7.06. The molecule has 0 unspecified atom stereocenters. The quantitative estimate of drug-likeness (QED) is 0.298. The van der Waals surface area contributed by atoms with Gasteiger partial charge in [0.25, 0.3) is 5.69 Å². The molecule has 0 bridgehead atoms. The highest BCUT2D eigenvalue weighted by Gasteiger charge is 2.35. The minimum Gasteiger partial charge on any atom is -0.366 e. The molecule has 0 aliphatic carbocycles. The van der Waals surface area contributed by atoms with Gasteiger partial charge in [-0.3, -0.25) is 25.8 Å². The Morgan fingerprint density at radius 2 is 1.72 bits per heavy atom. The summed E-state index contributed by atoms with van der Waals surface area (Å²) >= 11 is 0. The van der Waals surface area contributed by atoms with Gasteiger partial charge in [0.05, 0.1) is 16.2 Å². The largest absolute Gasteiger partial charge is 0.416 e. The van der Waals surface area contributed by atoms with Gasteiger partial charge in [-0.05, 0) is 37.1 Å². The number of carbonyl (C=O) groups is 1. The highest BCUT2D eigenvalue weighted by molar-refractivity contribution is 5.80.